The summed E-state index contributed by atoms with van der Waals surface area (Å²) in [6.45, 7) is 3.01. The third-order valence-corrected chi connectivity index (χ3v) is 4.04. The highest BCUT2D eigenvalue weighted by Crippen LogP contribution is 2.19. The highest BCUT2D eigenvalue weighted by Gasteiger charge is 2.22. The van der Waals surface area contributed by atoms with Crippen molar-refractivity contribution in [3.63, 3.8) is 0 Å². The van der Waals surface area contributed by atoms with Crippen LogP contribution in [0.3, 0.4) is 0 Å². The van der Waals surface area contributed by atoms with E-state index in [-0.39, 0.29) is 5.91 Å². The van der Waals surface area contributed by atoms with Crippen LogP contribution in [0.1, 0.15) is 23.2 Å². The Morgan fingerprint density at radius 1 is 1.53 bits per heavy atom. The van der Waals surface area contributed by atoms with E-state index in [4.69, 9.17) is 11.6 Å². The zero-order valence-corrected chi connectivity index (χ0v) is 12.2. The Bertz CT molecular complexity index is 444. The summed E-state index contributed by atoms with van der Waals surface area (Å²) in [5, 5.41) is 0.468. The van der Waals surface area contributed by atoms with Gasteiger partial charge in [-0.1, -0.05) is 11.6 Å². The summed E-state index contributed by atoms with van der Waals surface area (Å²) in [4.78, 5) is 20.4. The molecule has 1 aromatic rings. The molecule has 0 aromatic carbocycles. The minimum atomic E-state index is -0.0444. The molecule has 1 fully saturated rings. The normalized spacial score (nSPS) is 17.4. The van der Waals surface area contributed by atoms with E-state index in [1.54, 1.807) is 17.2 Å². The number of amides is 1. The largest absolute Gasteiger partial charge is 0.341 e. The summed E-state index contributed by atoms with van der Waals surface area (Å²) in [6, 6.07) is 1.65. The average Bonchev–Trinajstić information content (AvgIpc) is 2.41. The van der Waals surface area contributed by atoms with Gasteiger partial charge in [0.1, 0.15) is 0 Å². The molecule has 2 rings (SSSR count). The van der Waals surface area contributed by atoms with Crippen LogP contribution < -0.4 is 0 Å². The first-order chi connectivity index (χ1) is 9.08. The molecule has 0 N–H and O–H groups in total. The molecule has 1 amide bonds. The van der Waals surface area contributed by atoms with Gasteiger partial charge in [-0.2, -0.15) is 0 Å². The fourth-order valence-electron chi connectivity index (χ4n) is 2.46. The van der Waals surface area contributed by atoms with E-state index in [0.29, 0.717) is 16.5 Å². The highest BCUT2D eigenvalue weighted by atomic mass is 35.5. The van der Waals surface area contributed by atoms with Crippen molar-refractivity contribution in [1.29, 1.82) is 0 Å². The van der Waals surface area contributed by atoms with Gasteiger partial charge in [0, 0.05) is 26.0 Å². The Morgan fingerprint density at radius 2 is 2.21 bits per heavy atom. The Hall–Kier alpha value is -1.13. The van der Waals surface area contributed by atoms with Crippen LogP contribution in [-0.4, -0.2) is 54.4 Å². The van der Waals surface area contributed by atoms with Crippen molar-refractivity contribution < 1.29 is 4.79 Å². The van der Waals surface area contributed by atoms with Gasteiger partial charge in [0.25, 0.3) is 5.91 Å². The van der Waals surface area contributed by atoms with Gasteiger partial charge in [-0.3, -0.25) is 9.78 Å². The molecule has 0 unspecified atom stereocenters. The van der Waals surface area contributed by atoms with Gasteiger partial charge in [-0.25, -0.2) is 0 Å². The number of likely N-dealkylation sites (tertiary alicyclic amines) is 1. The van der Waals surface area contributed by atoms with Gasteiger partial charge >= 0.3 is 0 Å². The lowest BCUT2D eigenvalue weighted by Crippen LogP contribution is -2.38. The molecule has 0 aliphatic carbocycles. The maximum atomic E-state index is 12.3. The van der Waals surface area contributed by atoms with E-state index in [0.717, 1.165) is 32.5 Å². The molecule has 0 radical (unpaired) electrons. The molecule has 19 heavy (non-hydrogen) atoms. The molecule has 0 bridgehead atoms. The van der Waals surface area contributed by atoms with Crippen molar-refractivity contribution in [1.82, 2.24) is 14.8 Å². The summed E-state index contributed by atoms with van der Waals surface area (Å²) < 4.78 is 0. The molecule has 104 valence electrons. The number of piperidine rings is 1. The Balaban J connectivity index is 1.94. The van der Waals surface area contributed by atoms with Crippen molar-refractivity contribution in [2.24, 2.45) is 5.92 Å². The summed E-state index contributed by atoms with van der Waals surface area (Å²) in [7, 11) is 3.98. The van der Waals surface area contributed by atoms with E-state index < -0.39 is 0 Å². The second kappa shape index (κ2) is 6.35. The predicted octanol–water partition coefficient (Wildman–Crippen LogP) is 2.15. The Kier molecular flexibility index (Phi) is 4.77. The van der Waals surface area contributed by atoms with Crippen molar-refractivity contribution in [2.75, 3.05) is 33.7 Å². The van der Waals surface area contributed by atoms with E-state index >= 15 is 0 Å². The SMILES string of the molecule is CN1CCC(CN(C)C(=O)c2cnccc2Cl)CC1. The highest BCUT2D eigenvalue weighted by molar-refractivity contribution is 6.33. The van der Waals surface area contributed by atoms with Crippen LogP contribution in [0.5, 0.6) is 0 Å². The first kappa shape index (κ1) is 14.3. The zero-order valence-electron chi connectivity index (χ0n) is 11.5. The van der Waals surface area contributed by atoms with Crippen molar-refractivity contribution in [3.05, 3.63) is 29.0 Å². The molecule has 0 spiro atoms. The number of hydrogen-bond donors (Lipinski definition) is 0. The maximum Gasteiger partial charge on any atom is 0.256 e. The lowest BCUT2D eigenvalue weighted by Gasteiger charge is -2.31. The molecule has 1 aliphatic heterocycles. The van der Waals surface area contributed by atoms with Crippen molar-refractivity contribution in [2.45, 2.75) is 12.8 Å². The summed E-state index contributed by atoms with van der Waals surface area (Å²) >= 11 is 6.03. The molecular weight excluding hydrogens is 262 g/mol. The molecule has 0 saturated carbocycles. The first-order valence-corrected chi connectivity index (χ1v) is 6.99. The van der Waals surface area contributed by atoms with E-state index in [2.05, 4.69) is 16.9 Å². The summed E-state index contributed by atoms with van der Waals surface area (Å²) in [6.07, 6.45) is 5.43. The average molecular weight is 282 g/mol. The van der Waals surface area contributed by atoms with Crippen molar-refractivity contribution in [3.8, 4) is 0 Å². The van der Waals surface area contributed by atoms with Crippen molar-refractivity contribution >= 4 is 17.5 Å². The number of nitrogens with zero attached hydrogens (tertiary/aromatic N) is 3. The van der Waals surface area contributed by atoms with Gasteiger partial charge in [-0.15, -0.1) is 0 Å². The van der Waals surface area contributed by atoms with Gasteiger partial charge in [-0.05, 0) is 45.0 Å². The lowest BCUT2D eigenvalue weighted by molar-refractivity contribution is 0.0747. The number of pyridine rings is 1. The van der Waals surface area contributed by atoms with E-state index in [9.17, 15) is 4.79 Å². The predicted molar refractivity (Wildman–Crippen MR) is 76.4 cm³/mol. The molecular formula is C14H20ClN3O. The Labute approximate surface area is 119 Å². The van der Waals surface area contributed by atoms with Crippen LogP contribution in [-0.2, 0) is 0 Å². The lowest BCUT2D eigenvalue weighted by atomic mass is 9.96. The maximum absolute atomic E-state index is 12.3. The molecule has 2 heterocycles. The molecule has 1 saturated heterocycles. The molecule has 5 heteroatoms. The molecule has 1 aromatic heterocycles. The number of carbonyl (C=O) groups excluding carboxylic acids is 1. The van der Waals surface area contributed by atoms with E-state index in [1.807, 2.05) is 7.05 Å². The van der Waals surface area contributed by atoms with Gasteiger partial charge in [0.05, 0.1) is 10.6 Å². The Morgan fingerprint density at radius 3 is 2.84 bits per heavy atom. The molecule has 4 nitrogen and oxygen atoms in total. The fourth-order valence-corrected chi connectivity index (χ4v) is 2.64. The molecule has 0 atom stereocenters. The zero-order chi connectivity index (χ0) is 13.8. The van der Waals surface area contributed by atoms with Crippen LogP contribution in [0.15, 0.2) is 18.5 Å². The van der Waals surface area contributed by atoms with E-state index in [1.165, 1.54) is 6.20 Å². The second-order valence-corrected chi connectivity index (χ2v) is 5.70. The van der Waals surface area contributed by atoms with Crippen LogP contribution >= 0.6 is 11.6 Å². The monoisotopic (exact) mass is 281 g/mol. The number of hydrogen-bond acceptors (Lipinski definition) is 3. The van der Waals surface area contributed by atoms with Gasteiger partial charge in [0.15, 0.2) is 0 Å². The van der Waals surface area contributed by atoms with Gasteiger partial charge in [0.2, 0.25) is 0 Å². The summed E-state index contributed by atoms with van der Waals surface area (Å²) in [5.74, 6) is 0.539. The summed E-state index contributed by atoms with van der Waals surface area (Å²) in [5.41, 5.74) is 0.486. The van der Waals surface area contributed by atoms with Crippen LogP contribution in [0, 0.1) is 5.92 Å². The van der Waals surface area contributed by atoms with Crippen LogP contribution in [0.2, 0.25) is 5.02 Å². The molecule has 1 aliphatic rings. The minimum Gasteiger partial charge on any atom is -0.341 e. The third kappa shape index (κ3) is 3.67. The number of aromatic nitrogens is 1. The van der Waals surface area contributed by atoms with Crippen LogP contribution in [0.4, 0.5) is 0 Å². The van der Waals surface area contributed by atoms with Gasteiger partial charge < -0.3 is 9.80 Å². The topological polar surface area (TPSA) is 36.4 Å². The standard InChI is InChI=1S/C14H20ClN3O/c1-17-7-4-11(5-8-17)10-18(2)14(19)12-9-16-6-3-13(12)15/h3,6,9,11H,4-5,7-8,10H2,1-2H3. The first-order valence-electron chi connectivity index (χ1n) is 6.61. The number of carbonyl (C=O) groups is 1. The fraction of sp³-hybridized carbons (Fsp3) is 0.571. The third-order valence-electron chi connectivity index (χ3n) is 3.72. The minimum absolute atomic E-state index is 0.0444. The van der Waals surface area contributed by atoms with Crippen LogP contribution in [0.25, 0.3) is 0 Å². The number of rotatable bonds is 3. The quantitative estimate of drug-likeness (QED) is 0.852. The number of halogens is 1. The smallest absolute Gasteiger partial charge is 0.256 e. The second-order valence-electron chi connectivity index (χ2n) is 5.29.